The van der Waals surface area contributed by atoms with Gasteiger partial charge in [0.2, 0.25) is 5.91 Å². The number of rotatable bonds is 4. The van der Waals surface area contributed by atoms with Crippen LogP contribution in [-0.4, -0.2) is 24.4 Å². The van der Waals surface area contributed by atoms with Crippen LogP contribution in [0.5, 0.6) is 0 Å². The van der Waals surface area contributed by atoms with Crippen LogP contribution in [0.25, 0.3) is 0 Å². The molecule has 6 heteroatoms. The first-order valence-corrected chi connectivity index (χ1v) is 7.12. The summed E-state index contributed by atoms with van der Waals surface area (Å²) in [5.41, 5.74) is 7.64. The van der Waals surface area contributed by atoms with Crippen molar-refractivity contribution in [3.05, 3.63) is 29.3 Å². The highest BCUT2D eigenvalue weighted by atomic mass is 35.5. The summed E-state index contributed by atoms with van der Waals surface area (Å²) in [6.45, 7) is 10.0. The zero-order valence-electron chi connectivity index (χ0n) is 13.8. The lowest BCUT2D eigenvalue weighted by Crippen LogP contribution is -2.45. The van der Waals surface area contributed by atoms with E-state index in [1.165, 1.54) is 0 Å². The van der Waals surface area contributed by atoms with Crippen molar-refractivity contribution in [2.75, 3.05) is 11.9 Å². The maximum absolute atomic E-state index is 12.2. The number of hydrogen-bond acceptors (Lipinski definition) is 3. The molecule has 0 aliphatic rings. The molecule has 2 amide bonds. The first-order chi connectivity index (χ1) is 9.66. The monoisotopic (exact) mass is 327 g/mol. The van der Waals surface area contributed by atoms with Gasteiger partial charge in [0.25, 0.3) is 5.91 Å². The first-order valence-electron chi connectivity index (χ1n) is 7.12. The molecule has 1 atom stereocenters. The summed E-state index contributed by atoms with van der Waals surface area (Å²) in [5, 5.41) is 5.54. The normalized spacial score (nSPS) is 12.1. The number of nitrogens with one attached hydrogen (secondary N) is 2. The van der Waals surface area contributed by atoms with Crippen LogP contribution in [0, 0.1) is 12.3 Å². The molecule has 124 valence electrons. The zero-order chi connectivity index (χ0) is 16.2. The molecule has 1 rings (SSSR count). The number of carbonyl (C=O) groups is 2. The highest BCUT2D eigenvalue weighted by molar-refractivity contribution is 5.99. The highest BCUT2D eigenvalue weighted by Gasteiger charge is 2.27. The van der Waals surface area contributed by atoms with Crippen LogP contribution in [0.15, 0.2) is 18.2 Å². The van der Waals surface area contributed by atoms with Crippen LogP contribution in [0.1, 0.15) is 43.6 Å². The Morgan fingerprint density at radius 2 is 1.86 bits per heavy atom. The average molecular weight is 328 g/mol. The minimum Gasteiger partial charge on any atom is -0.352 e. The van der Waals surface area contributed by atoms with E-state index < -0.39 is 6.04 Å². The second kappa shape index (κ2) is 8.15. The standard InChI is InChI=1S/C16H25N3O2.ClH/c1-6-18-14(20)11-8-7-10(2)12(9-11)19-15(21)13(17)16(3,4)5;/h7-9,13H,6,17H2,1-5H3,(H,18,20)(H,19,21);1H/t13-;/m1./s1. The summed E-state index contributed by atoms with van der Waals surface area (Å²) in [4.78, 5) is 24.0. The van der Waals surface area contributed by atoms with E-state index in [-0.39, 0.29) is 29.6 Å². The predicted octanol–water partition coefficient (Wildman–Crippen LogP) is 2.48. The molecule has 0 aliphatic heterocycles. The van der Waals surface area contributed by atoms with Gasteiger partial charge in [0.05, 0.1) is 6.04 Å². The third-order valence-corrected chi connectivity index (χ3v) is 3.31. The van der Waals surface area contributed by atoms with Crippen LogP contribution in [0.2, 0.25) is 0 Å². The number of nitrogens with two attached hydrogens (primary N) is 1. The first kappa shape index (κ1) is 20.4. The van der Waals surface area contributed by atoms with Crippen molar-refractivity contribution in [3.8, 4) is 0 Å². The van der Waals surface area contributed by atoms with Crippen molar-refractivity contribution in [3.63, 3.8) is 0 Å². The topological polar surface area (TPSA) is 84.2 Å². The van der Waals surface area contributed by atoms with Gasteiger partial charge in [-0.05, 0) is 37.0 Å². The van der Waals surface area contributed by atoms with Gasteiger partial charge in [-0.2, -0.15) is 0 Å². The summed E-state index contributed by atoms with van der Waals surface area (Å²) in [7, 11) is 0. The molecule has 4 N–H and O–H groups in total. The van der Waals surface area contributed by atoms with E-state index in [4.69, 9.17) is 5.73 Å². The lowest BCUT2D eigenvalue weighted by Gasteiger charge is -2.26. The second-order valence-corrected chi connectivity index (χ2v) is 6.22. The lowest BCUT2D eigenvalue weighted by molar-refractivity contribution is -0.119. The average Bonchev–Trinajstić information content (AvgIpc) is 2.39. The van der Waals surface area contributed by atoms with Crippen LogP contribution < -0.4 is 16.4 Å². The number of halogens is 1. The molecule has 22 heavy (non-hydrogen) atoms. The molecular weight excluding hydrogens is 302 g/mol. The van der Waals surface area contributed by atoms with E-state index in [1.54, 1.807) is 12.1 Å². The summed E-state index contributed by atoms with van der Waals surface area (Å²) < 4.78 is 0. The molecule has 0 bridgehead atoms. The smallest absolute Gasteiger partial charge is 0.251 e. The molecular formula is C16H26ClN3O2. The van der Waals surface area contributed by atoms with Gasteiger partial charge in [0.15, 0.2) is 0 Å². The minimum absolute atomic E-state index is 0. The van der Waals surface area contributed by atoms with Gasteiger partial charge in [0, 0.05) is 17.8 Å². The lowest BCUT2D eigenvalue weighted by atomic mass is 9.87. The molecule has 0 fully saturated rings. The molecule has 1 aromatic carbocycles. The van der Waals surface area contributed by atoms with Crippen molar-refractivity contribution in [2.45, 2.75) is 40.7 Å². The molecule has 0 saturated carbocycles. The Hall–Kier alpha value is -1.59. The Morgan fingerprint density at radius 3 is 2.36 bits per heavy atom. The Morgan fingerprint density at radius 1 is 1.27 bits per heavy atom. The SMILES string of the molecule is CCNC(=O)c1ccc(C)c(NC(=O)[C@@H](N)C(C)(C)C)c1.Cl. The van der Waals surface area contributed by atoms with Crippen LogP contribution >= 0.6 is 12.4 Å². The van der Waals surface area contributed by atoms with E-state index in [0.29, 0.717) is 17.8 Å². The third kappa shape index (κ3) is 5.31. The molecule has 5 nitrogen and oxygen atoms in total. The Kier molecular flexibility index (Phi) is 7.56. The van der Waals surface area contributed by atoms with Gasteiger partial charge in [-0.1, -0.05) is 26.8 Å². The zero-order valence-corrected chi connectivity index (χ0v) is 14.6. The summed E-state index contributed by atoms with van der Waals surface area (Å²) in [5.74, 6) is -0.410. The molecule has 0 unspecified atom stereocenters. The van der Waals surface area contributed by atoms with Crippen molar-refractivity contribution >= 4 is 29.9 Å². The molecule has 0 spiro atoms. The highest BCUT2D eigenvalue weighted by Crippen LogP contribution is 2.21. The largest absolute Gasteiger partial charge is 0.352 e. The number of benzene rings is 1. The number of carbonyl (C=O) groups excluding carboxylic acids is 2. The van der Waals surface area contributed by atoms with Crippen molar-refractivity contribution in [1.82, 2.24) is 5.32 Å². The van der Waals surface area contributed by atoms with Crippen LogP contribution in [0.3, 0.4) is 0 Å². The molecule has 0 aromatic heterocycles. The number of hydrogen-bond donors (Lipinski definition) is 3. The van der Waals surface area contributed by atoms with Gasteiger partial charge in [-0.25, -0.2) is 0 Å². The van der Waals surface area contributed by atoms with Crippen molar-refractivity contribution < 1.29 is 9.59 Å². The van der Waals surface area contributed by atoms with E-state index in [1.807, 2.05) is 40.7 Å². The van der Waals surface area contributed by atoms with Gasteiger partial charge >= 0.3 is 0 Å². The second-order valence-electron chi connectivity index (χ2n) is 6.22. The maximum Gasteiger partial charge on any atom is 0.251 e. The van der Waals surface area contributed by atoms with E-state index >= 15 is 0 Å². The quantitative estimate of drug-likeness (QED) is 0.794. The number of aryl methyl sites for hydroxylation is 1. The fourth-order valence-corrected chi connectivity index (χ4v) is 1.76. The van der Waals surface area contributed by atoms with Gasteiger partial charge < -0.3 is 16.4 Å². The molecule has 0 heterocycles. The van der Waals surface area contributed by atoms with Crippen molar-refractivity contribution in [2.24, 2.45) is 11.1 Å². The van der Waals surface area contributed by atoms with Gasteiger partial charge in [-0.3, -0.25) is 9.59 Å². The Bertz CT molecular complexity index is 539. The van der Waals surface area contributed by atoms with E-state index in [9.17, 15) is 9.59 Å². The van der Waals surface area contributed by atoms with Crippen molar-refractivity contribution in [1.29, 1.82) is 0 Å². The maximum atomic E-state index is 12.2. The minimum atomic E-state index is -0.620. The summed E-state index contributed by atoms with van der Waals surface area (Å²) >= 11 is 0. The summed E-state index contributed by atoms with van der Waals surface area (Å²) in [6, 6.07) is 4.60. The molecule has 0 radical (unpaired) electrons. The third-order valence-electron chi connectivity index (χ3n) is 3.31. The molecule has 1 aromatic rings. The van der Waals surface area contributed by atoms with E-state index in [0.717, 1.165) is 5.56 Å². The fourth-order valence-electron chi connectivity index (χ4n) is 1.76. The predicted molar refractivity (Wildman–Crippen MR) is 92.5 cm³/mol. The van der Waals surface area contributed by atoms with E-state index in [2.05, 4.69) is 10.6 Å². The Labute approximate surface area is 138 Å². The number of anilines is 1. The summed E-state index contributed by atoms with van der Waals surface area (Å²) in [6.07, 6.45) is 0. The number of amides is 2. The van der Waals surface area contributed by atoms with Gasteiger partial charge in [-0.15, -0.1) is 12.4 Å². The van der Waals surface area contributed by atoms with Crippen LogP contribution in [-0.2, 0) is 4.79 Å². The Balaban J connectivity index is 0.00000441. The fraction of sp³-hybridized carbons (Fsp3) is 0.500. The van der Waals surface area contributed by atoms with Gasteiger partial charge in [0.1, 0.15) is 0 Å². The molecule has 0 saturated heterocycles. The van der Waals surface area contributed by atoms with Crippen LogP contribution in [0.4, 0.5) is 5.69 Å². The molecule has 0 aliphatic carbocycles.